The molecule has 2 aromatic carbocycles. The van der Waals surface area contributed by atoms with Gasteiger partial charge in [-0.05, 0) is 49.2 Å². The molecule has 0 spiro atoms. The lowest BCUT2D eigenvalue weighted by molar-refractivity contribution is 0.208. The average molecular weight is 411 g/mol. The first-order valence-electron chi connectivity index (χ1n) is 8.01. The third-order valence-corrected chi connectivity index (χ3v) is 4.63. The van der Waals surface area contributed by atoms with Crippen molar-refractivity contribution in [3.63, 3.8) is 0 Å². The molecule has 0 amide bonds. The highest BCUT2D eigenvalue weighted by Gasteiger charge is 2.15. The number of methoxy groups -OCH3 is 1. The summed E-state index contributed by atoms with van der Waals surface area (Å²) in [7, 11) is 1.55. The lowest BCUT2D eigenvalue weighted by Gasteiger charge is -2.17. The molecular weight excluding hydrogens is 393 g/mol. The molecule has 0 N–H and O–H groups in total. The maximum Gasteiger partial charge on any atom is 0.180 e. The maximum atomic E-state index is 9.54. The Labute approximate surface area is 168 Å². The molecule has 0 aliphatic heterocycles. The van der Waals surface area contributed by atoms with E-state index < -0.39 is 0 Å². The molecule has 3 nitrogen and oxygen atoms in total. The van der Waals surface area contributed by atoms with Gasteiger partial charge in [-0.15, -0.1) is 0 Å². The topological polar surface area (TPSA) is 42.2 Å². The zero-order valence-electron chi connectivity index (χ0n) is 14.6. The fourth-order valence-electron chi connectivity index (χ4n) is 2.27. The summed E-state index contributed by atoms with van der Waals surface area (Å²) in [5.74, 6) is 0.993. The van der Waals surface area contributed by atoms with E-state index in [1.54, 1.807) is 43.5 Å². The zero-order chi connectivity index (χ0) is 19.3. The number of allylic oxidation sites excluding steroid dienone is 1. The Kier molecular flexibility index (Phi) is 7.23. The van der Waals surface area contributed by atoms with Gasteiger partial charge in [0.2, 0.25) is 0 Å². The number of ether oxygens (including phenoxy) is 2. The van der Waals surface area contributed by atoms with Gasteiger partial charge in [-0.3, -0.25) is 0 Å². The first-order valence-corrected chi connectivity index (χ1v) is 9.14. The lowest BCUT2D eigenvalue weighted by Crippen LogP contribution is -2.11. The van der Waals surface area contributed by atoms with Crippen molar-refractivity contribution in [2.24, 2.45) is 0 Å². The molecule has 0 fully saturated rings. The van der Waals surface area contributed by atoms with E-state index in [1.807, 2.05) is 13.8 Å². The smallest absolute Gasteiger partial charge is 0.180 e. The number of hydrogen-bond donors (Lipinski definition) is 0. The van der Waals surface area contributed by atoms with E-state index in [1.165, 1.54) is 0 Å². The summed E-state index contributed by atoms with van der Waals surface area (Å²) in [4.78, 5) is 0. The van der Waals surface area contributed by atoms with Crippen molar-refractivity contribution in [3.8, 4) is 17.6 Å². The molecule has 0 aromatic heterocycles. The molecule has 0 heterocycles. The van der Waals surface area contributed by atoms with E-state index in [2.05, 4.69) is 6.07 Å². The summed E-state index contributed by atoms with van der Waals surface area (Å²) in [6.45, 7) is 3.98. The molecule has 1 atom stereocenters. The van der Waals surface area contributed by atoms with Gasteiger partial charge in [0.15, 0.2) is 11.5 Å². The van der Waals surface area contributed by atoms with Crippen LogP contribution in [0.2, 0.25) is 15.1 Å². The Morgan fingerprint density at radius 3 is 2.50 bits per heavy atom. The van der Waals surface area contributed by atoms with Crippen LogP contribution in [-0.2, 0) is 0 Å². The van der Waals surface area contributed by atoms with Crippen LogP contribution in [0.15, 0.2) is 30.3 Å². The summed E-state index contributed by atoms with van der Waals surface area (Å²) in [5, 5.41) is 10.9. The number of benzene rings is 2. The standard InChI is InChI=1S/C20H18Cl3NO2/c1-4-12(2)26-20-18(23)8-13(9-19(20)25-3)7-14(11-24)16-6-5-15(21)10-17(16)22/h5-10,12H,4H2,1-3H3/b14-7-/t12-/m1/s1. The Hall–Kier alpha value is -1.86. The molecule has 0 aliphatic carbocycles. The van der Waals surface area contributed by atoms with E-state index in [4.69, 9.17) is 44.3 Å². The quantitative estimate of drug-likeness (QED) is 0.384. The molecule has 0 saturated carbocycles. The van der Waals surface area contributed by atoms with Gasteiger partial charge in [0.25, 0.3) is 0 Å². The predicted octanol–water partition coefficient (Wildman–Crippen LogP) is 6.90. The SMILES string of the molecule is CC[C@@H](C)Oc1c(Cl)cc(/C=C(/C#N)c2ccc(Cl)cc2Cl)cc1OC. The molecular formula is C20H18Cl3NO2. The second kappa shape index (κ2) is 9.19. The van der Waals surface area contributed by atoms with Crippen molar-refractivity contribution in [1.29, 1.82) is 5.26 Å². The maximum absolute atomic E-state index is 9.54. The van der Waals surface area contributed by atoms with Crippen LogP contribution in [0.25, 0.3) is 11.6 Å². The molecule has 6 heteroatoms. The second-order valence-corrected chi connectivity index (χ2v) is 6.92. The van der Waals surface area contributed by atoms with Crippen LogP contribution >= 0.6 is 34.8 Å². The van der Waals surface area contributed by atoms with Crippen LogP contribution in [0.4, 0.5) is 0 Å². The minimum absolute atomic E-state index is 0.00494. The number of nitrogens with zero attached hydrogens (tertiary/aromatic N) is 1. The summed E-state index contributed by atoms with van der Waals surface area (Å²) < 4.78 is 11.2. The molecule has 26 heavy (non-hydrogen) atoms. The highest BCUT2D eigenvalue weighted by atomic mass is 35.5. The van der Waals surface area contributed by atoms with Gasteiger partial charge in [0.05, 0.1) is 34.9 Å². The number of hydrogen-bond acceptors (Lipinski definition) is 3. The molecule has 0 unspecified atom stereocenters. The third-order valence-electron chi connectivity index (χ3n) is 3.80. The molecule has 0 bridgehead atoms. The molecule has 0 aliphatic rings. The van der Waals surface area contributed by atoms with Crippen molar-refractivity contribution in [2.45, 2.75) is 26.4 Å². The highest BCUT2D eigenvalue weighted by molar-refractivity contribution is 6.36. The highest BCUT2D eigenvalue weighted by Crippen LogP contribution is 2.38. The van der Waals surface area contributed by atoms with Crippen LogP contribution in [0.5, 0.6) is 11.5 Å². The Bertz CT molecular complexity index is 872. The zero-order valence-corrected chi connectivity index (χ0v) is 16.9. The number of halogens is 3. The van der Waals surface area contributed by atoms with Gasteiger partial charge in [0.1, 0.15) is 0 Å². The van der Waals surface area contributed by atoms with Crippen molar-refractivity contribution in [3.05, 3.63) is 56.5 Å². The molecule has 0 saturated heterocycles. The van der Waals surface area contributed by atoms with Gasteiger partial charge in [-0.25, -0.2) is 0 Å². The van der Waals surface area contributed by atoms with Crippen LogP contribution in [-0.4, -0.2) is 13.2 Å². The lowest BCUT2D eigenvalue weighted by atomic mass is 10.0. The summed E-state index contributed by atoms with van der Waals surface area (Å²) in [6, 6.07) is 10.6. The third kappa shape index (κ3) is 4.86. The minimum Gasteiger partial charge on any atom is -0.493 e. The van der Waals surface area contributed by atoms with Gasteiger partial charge in [-0.1, -0.05) is 47.8 Å². The van der Waals surface area contributed by atoms with Crippen LogP contribution in [0.1, 0.15) is 31.4 Å². The fraction of sp³-hybridized carbons (Fsp3) is 0.250. The average Bonchev–Trinajstić information content (AvgIpc) is 2.61. The Morgan fingerprint density at radius 1 is 1.19 bits per heavy atom. The van der Waals surface area contributed by atoms with Crippen LogP contribution in [0, 0.1) is 11.3 Å². The first-order chi connectivity index (χ1) is 12.4. The van der Waals surface area contributed by atoms with Crippen molar-refractivity contribution in [2.75, 3.05) is 7.11 Å². The monoisotopic (exact) mass is 409 g/mol. The summed E-state index contributed by atoms with van der Waals surface area (Å²) in [6.07, 6.45) is 2.54. The van der Waals surface area contributed by atoms with E-state index in [0.717, 1.165) is 6.42 Å². The van der Waals surface area contributed by atoms with E-state index >= 15 is 0 Å². The van der Waals surface area contributed by atoms with Gasteiger partial charge in [-0.2, -0.15) is 5.26 Å². The molecule has 2 aromatic rings. The van der Waals surface area contributed by atoms with Gasteiger partial charge >= 0.3 is 0 Å². The summed E-state index contributed by atoms with van der Waals surface area (Å²) >= 11 is 18.5. The van der Waals surface area contributed by atoms with E-state index in [9.17, 15) is 5.26 Å². The molecule has 0 radical (unpaired) electrons. The normalized spacial score (nSPS) is 12.4. The minimum atomic E-state index is 0.00494. The summed E-state index contributed by atoms with van der Waals surface area (Å²) in [5.41, 5.74) is 1.68. The van der Waals surface area contributed by atoms with Gasteiger partial charge in [0, 0.05) is 10.6 Å². The Balaban J connectivity index is 2.48. The van der Waals surface area contributed by atoms with Gasteiger partial charge < -0.3 is 9.47 Å². The van der Waals surface area contributed by atoms with Crippen molar-refractivity contribution >= 4 is 46.5 Å². The molecule has 136 valence electrons. The molecule has 2 rings (SSSR count). The second-order valence-electron chi connectivity index (χ2n) is 5.66. The van der Waals surface area contributed by atoms with Crippen molar-refractivity contribution in [1.82, 2.24) is 0 Å². The number of rotatable bonds is 6. The van der Waals surface area contributed by atoms with Crippen LogP contribution in [0.3, 0.4) is 0 Å². The van der Waals surface area contributed by atoms with E-state index in [-0.39, 0.29) is 6.10 Å². The predicted molar refractivity (Wildman–Crippen MR) is 108 cm³/mol. The largest absolute Gasteiger partial charge is 0.493 e. The first kappa shape index (κ1) is 20.5. The van der Waals surface area contributed by atoms with Crippen molar-refractivity contribution < 1.29 is 9.47 Å². The van der Waals surface area contributed by atoms with E-state index in [0.29, 0.717) is 43.3 Å². The van der Waals surface area contributed by atoms with Crippen LogP contribution < -0.4 is 9.47 Å². The number of nitriles is 1. The Morgan fingerprint density at radius 2 is 1.92 bits per heavy atom. The fourth-order valence-corrected chi connectivity index (χ4v) is 3.04.